The minimum Gasteiger partial charge on any atom is -0.341 e. The summed E-state index contributed by atoms with van der Waals surface area (Å²) in [5.41, 5.74) is 8.31. The van der Waals surface area contributed by atoms with Gasteiger partial charge in [-0.3, -0.25) is 9.48 Å². The number of nitrogens with zero attached hydrogens (tertiary/aromatic N) is 3. The van der Waals surface area contributed by atoms with Crippen LogP contribution in [-0.2, 0) is 11.3 Å². The highest BCUT2D eigenvalue weighted by atomic mass is 16.2. The summed E-state index contributed by atoms with van der Waals surface area (Å²) in [6, 6.07) is 1.80. The van der Waals surface area contributed by atoms with Gasteiger partial charge in [0.1, 0.15) is 0 Å². The maximum atomic E-state index is 12.3. The Kier molecular flexibility index (Phi) is 6.00. The van der Waals surface area contributed by atoms with E-state index in [9.17, 15) is 4.79 Å². The van der Waals surface area contributed by atoms with Crippen molar-refractivity contribution in [1.82, 2.24) is 14.7 Å². The molecule has 5 nitrogen and oxygen atoms in total. The molecule has 1 aliphatic rings. The lowest BCUT2D eigenvalue weighted by molar-refractivity contribution is -0.134. The molecule has 0 aromatic carbocycles. The van der Waals surface area contributed by atoms with Gasteiger partial charge < -0.3 is 10.6 Å². The van der Waals surface area contributed by atoms with Crippen molar-refractivity contribution in [2.45, 2.75) is 65.5 Å². The first kappa shape index (κ1) is 17.0. The van der Waals surface area contributed by atoms with Crippen LogP contribution < -0.4 is 5.73 Å². The molecule has 124 valence electrons. The van der Waals surface area contributed by atoms with Crippen LogP contribution in [0, 0.1) is 19.8 Å². The van der Waals surface area contributed by atoms with Crippen LogP contribution in [0.3, 0.4) is 0 Å². The number of carbonyl (C=O) groups excluding carboxylic acids is 1. The van der Waals surface area contributed by atoms with E-state index >= 15 is 0 Å². The summed E-state index contributed by atoms with van der Waals surface area (Å²) in [6.45, 7) is 8.89. The molecule has 1 saturated heterocycles. The highest BCUT2D eigenvalue weighted by Crippen LogP contribution is 2.20. The van der Waals surface area contributed by atoms with Crippen molar-refractivity contribution >= 4 is 5.91 Å². The quantitative estimate of drug-likeness (QED) is 0.877. The molecular formula is C17H30N4O. The summed E-state index contributed by atoms with van der Waals surface area (Å²) in [5, 5.41) is 4.54. The predicted octanol–water partition coefficient (Wildman–Crippen LogP) is 2.26. The summed E-state index contributed by atoms with van der Waals surface area (Å²) in [7, 11) is 0. The van der Waals surface area contributed by atoms with Gasteiger partial charge in [0.15, 0.2) is 0 Å². The molecule has 1 aromatic heterocycles. The van der Waals surface area contributed by atoms with Gasteiger partial charge in [-0.1, -0.05) is 19.8 Å². The van der Waals surface area contributed by atoms with E-state index in [-0.39, 0.29) is 11.9 Å². The third kappa shape index (κ3) is 4.32. The molecule has 5 heteroatoms. The molecule has 2 rings (SSSR count). The van der Waals surface area contributed by atoms with Crippen LogP contribution in [0.2, 0.25) is 0 Å². The number of hydrogen-bond donors (Lipinski definition) is 1. The Labute approximate surface area is 133 Å². The predicted molar refractivity (Wildman–Crippen MR) is 88.5 cm³/mol. The fraction of sp³-hybridized carbons (Fsp3) is 0.765. The molecule has 1 fully saturated rings. The Bertz CT molecular complexity index is 489. The lowest BCUT2D eigenvalue weighted by Gasteiger charge is -2.33. The normalized spacial score (nSPS) is 17.7. The minimum atomic E-state index is -0.312. The maximum Gasteiger partial charge on any atom is 0.239 e. The smallest absolute Gasteiger partial charge is 0.239 e. The number of carbonyl (C=O) groups is 1. The third-order valence-electron chi connectivity index (χ3n) is 4.65. The number of aromatic nitrogens is 2. The topological polar surface area (TPSA) is 64.2 Å². The van der Waals surface area contributed by atoms with Crippen LogP contribution >= 0.6 is 0 Å². The molecule has 1 aliphatic heterocycles. The number of rotatable bonds is 6. The van der Waals surface area contributed by atoms with Crippen LogP contribution in [-0.4, -0.2) is 39.7 Å². The van der Waals surface area contributed by atoms with Gasteiger partial charge in [0.05, 0.1) is 11.7 Å². The van der Waals surface area contributed by atoms with Gasteiger partial charge in [0.2, 0.25) is 5.91 Å². The number of nitrogens with two attached hydrogens (primary N) is 1. The lowest BCUT2D eigenvalue weighted by atomic mass is 9.96. The van der Waals surface area contributed by atoms with Gasteiger partial charge >= 0.3 is 0 Å². The van der Waals surface area contributed by atoms with Gasteiger partial charge in [-0.2, -0.15) is 5.10 Å². The molecule has 0 bridgehead atoms. The van der Waals surface area contributed by atoms with Crippen molar-refractivity contribution < 1.29 is 4.79 Å². The Morgan fingerprint density at radius 3 is 2.64 bits per heavy atom. The molecule has 0 aliphatic carbocycles. The highest BCUT2D eigenvalue weighted by Gasteiger charge is 2.26. The van der Waals surface area contributed by atoms with Crippen LogP contribution in [0.4, 0.5) is 0 Å². The molecule has 1 aromatic rings. The molecule has 1 amide bonds. The summed E-state index contributed by atoms with van der Waals surface area (Å²) in [4.78, 5) is 14.3. The number of likely N-dealkylation sites (tertiary alicyclic amines) is 1. The second-order valence-electron chi connectivity index (χ2n) is 6.63. The van der Waals surface area contributed by atoms with Crippen molar-refractivity contribution in [3.8, 4) is 0 Å². The first-order chi connectivity index (χ1) is 10.5. The SMILES string of the molecule is CCCC[C@H](N)C(=O)N1CCC(Cn2nc(C)cc2C)CC1. The van der Waals surface area contributed by atoms with Crippen LogP contribution in [0.25, 0.3) is 0 Å². The summed E-state index contributed by atoms with van der Waals surface area (Å²) < 4.78 is 2.10. The maximum absolute atomic E-state index is 12.3. The Morgan fingerprint density at radius 2 is 2.09 bits per heavy atom. The second-order valence-corrected chi connectivity index (χ2v) is 6.63. The van der Waals surface area contributed by atoms with E-state index in [1.807, 2.05) is 11.8 Å². The number of piperidine rings is 1. The van der Waals surface area contributed by atoms with Crippen LogP contribution in [0.5, 0.6) is 0 Å². The van der Waals surface area contributed by atoms with Crippen LogP contribution in [0.1, 0.15) is 50.4 Å². The van der Waals surface area contributed by atoms with Crippen molar-refractivity contribution in [2.75, 3.05) is 13.1 Å². The zero-order valence-corrected chi connectivity index (χ0v) is 14.2. The molecule has 1 atom stereocenters. The second kappa shape index (κ2) is 7.77. The Hall–Kier alpha value is -1.36. The van der Waals surface area contributed by atoms with Gasteiger partial charge in [-0.05, 0) is 45.1 Å². The van der Waals surface area contributed by atoms with E-state index in [2.05, 4.69) is 29.7 Å². The Balaban J connectivity index is 1.80. The van der Waals surface area contributed by atoms with Crippen molar-refractivity contribution in [1.29, 1.82) is 0 Å². The fourth-order valence-electron chi connectivity index (χ4n) is 3.22. The number of aryl methyl sites for hydroxylation is 2. The van der Waals surface area contributed by atoms with E-state index in [0.717, 1.165) is 57.4 Å². The van der Waals surface area contributed by atoms with E-state index in [4.69, 9.17) is 5.73 Å². The summed E-state index contributed by atoms with van der Waals surface area (Å²) in [5.74, 6) is 0.743. The minimum absolute atomic E-state index is 0.137. The zero-order valence-electron chi connectivity index (χ0n) is 14.2. The summed E-state index contributed by atoms with van der Waals surface area (Å²) >= 11 is 0. The number of hydrogen-bond acceptors (Lipinski definition) is 3. The van der Waals surface area contributed by atoms with Gasteiger partial charge in [0, 0.05) is 25.3 Å². The zero-order chi connectivity index (χ0) is 16.1. The molecule has 0 spiro atoms. The standard InChI is InChI=1S/C17H30N4O/c1-4-5-6-16(18)17(22)20-9-7-15(8-10-20)12-21-14(3)11-13(2)19-21/h11,15-16H,4-10,12,18H2,1-3H3/t16-/m0/s1. The van der Waals surface area contributed by atoms with Gasteiger partial charge in [0.25, 0.3) is 0 Å². The molecule has 0 saturated carbocycles. The first-order valence-corrected chi connectivity index (χ1v) is 8.56. The van der Waals surface area contributed by atoms with Crippen molar-refractivity contribution in [3.05, 3.63) is 17.5 Å². The van der Waals surface area contributed by atoms with E-state index < -0.39 is 0 Å². The molecule has 2 N–H and O–H groups in total. The number of unbranched alkanes of at least 4 members (excludes halogenated alkanes) is 1. The van der Waals surface area contributed by atoms with E-state index in [1.54, 1.807) is 0 Å². The number of amides is 1. The largest absolute Gasteiger partial charge is 0.341 e. The van der Waals surface area contributed by atoms with Crippen molar-refractivity contribution in [2.24, 2.45) is 11.7 Å². The molecule has 0 radical (unpaired) electrons. The first-order valence-electron chi connectivity index (χ1n) is 8.56. The molecule has 22 heavy (non-hydrogen) atoms. The summed E-state index contributed by atoms with van der Waals surface area (Å²) in [6.07, 6.45) is 5.02. The van der Waals surface area contributed by atoms with Gasteiger partial charge in [-0.15, -0.1) is 0 Å². The average Bonchev–Trinajstić information content (AvgIpc) is 2.82. The monoisotopic (exact) mass is 306 g/mol. The molecular weight excluding hydrogens is 276 g/mol. The average molecular weight is 306 g/mol. The fourth-order valence-corrected chi connectivity index (χ4v) is 3.22. The van der Waals surface area contributed by atoms with Gasteiger partial charge in [-0.25, -0.2) is 0 Å². The highest BCUT2D eigenvalue weighted by molar-refractivity contribution is 5.81. The van der Waals surface area contributed by atoms with E-state index in [0.29, 0.717) is 5.92 Å². The molecule has 2 heterocycles. The lowest BCUT2D eigenvalue weighted by Crippen LogP contribution is -2.47. The van der Waals surface area contributed by atoms with Crippen LogP contribution in [0.15, 0.2) is 6.07 Å². The van der Waals surface area contributed by atoms with Crippen molar-refractivity contribution in [3.63, 3.8) is 0 Å². The third-order valence-corrected chi connectivity index (χ3v) is 4.65. The Morgan fingerprint density at radius 1 is 1.41 bits per heavy atom. The molecule has 0 unspecified atom stereocenters. The van der Waals surface area contributed by atoms with E-state index in [1.165, 1.54) is 5.69 Å².